The second-order valence-electron chi connectivity index (χ2n) is 5.10. The average molecular weight is 329 g/mol. The zero-order valence-electron chi connectivity index (χ0n) is 10.2. The van der Waals surface area contributed by atoms with Crippen LogP contribution in [0, 0.1) is 0 Å². The summed E-state index contributed by atoms with van der Waals surface area (Å²) in [7, 11) is 0. The van der Waals surface area contributed by atoms with Gasteiger partial charge in [0.25, 0.3) is 0 Å². The molecule has 98 valence electrons. The van der Waals surface area contributed by atoms with Crippen LogP contribution in [0.25, 0.3) is 0 Å². The van der Waals surface area contributed by atoms with Crippen LogP contribution in [-0.4, -0.2) is 29.4 Å². The molecule has 3 nitrogen and oxygen atoms in total. The Labute approximate surface area is 120 Å². The van der Waals surface area contributed by atoms with Crippen LogP contribution >= 0.6 is 27.3 Å². The van der Waals surface area contributed by atoms with Crippen molar-refractivity contribution in [3.63, 3.8) is 0 Å². The summed E-state index contributed by atoms with van der Waals surface area (Å²) in [6.45, 7) is 1.66. The Morgan fingerprint density at radius 2 is 2.22 bits per heavy atom. The van der Waals surface area contributed by atoms with Crippen LogP contribution in [-0.2, 0) is 11.3 Å². The van der Waals surface area contributed by atoms with E-state index in [4.69, 9.17) is 0 Å². The van der Waals surface area contributed by atoms with Gasteiger partial charge in [-0.25, -0.2) is 0 Å². The number of hydrogen-bond acceptors (Lipinski definition) is 3. The topological polar surface area (TPSA) is 32.3 Å². The predicted octanol–water partition coefficient (Wildman–Crippen LogP) is 2.75. The molecule has 1 unspecified atom stereocenters. The number of halogens is 1. The number of nitrogens with one attached hydrogen (secondary N) is 1. The Bertz CT molecular complexity index is 444. The lowest BCUT2D eigenvalue weighted by Crippen LogP contribution is -2.50. The number of likely N-dealkylation sites (tertiary alicyclic amines) is 1. The Morgan fingerprint density at radius 3 is 2.89 bits per heavy atom. The Balaban J connectivity index is 1.62. The predicted molar refractivity (Wildman–Crippen MR) is 76.6 cm³/mol. The van der Waals surface area contributed by atoms with Gasteiger partial charge < -0.3 is 10.2 Å². The van der Waals surface area contributed by atoms with Gasteiger partial charge in [-0.2, -0.15) is 0 Å². The lowest BCUT2D eigenvalue weighted by atomic mass is 10.0. The van der Waals surface area contributed by atoms with Crippen molar-refractivity contribution in [2.75, 3.05) is 6.54 Å². The molecule has 5 heteroatoms. The van der Waals surface area contributed by atoms with Crippen LogP contribution in [0.2, 0.25) is 0 Å². The first-order valence-corrected chi connectivity index (χ1v) is 8.12. The molecule has 1 aliphatic heterocycles. The van der Waals surface area contributed by atoms with Crippen molar-refractivity contribution >= 4 is 33.2 Å². The van der Waals surface area contributed by atoms with Crippen molar-refractivity contribution in [2.24, 2.45) is 0 Å². The van der Waals surface area contributed by atoms with E-state index in [9.17, 15) is 4.79 Å². The highest BCUT2D eigenvalue weighted by molar-refractivity contribution is 9.11. The maximum atomic E-state index is 12.4. The molecule has 0 aromatic carbocycles. The molecular formula is C13H17BrN2OS. The summed E-state index contributed by atoms with van der Waals surface area (Å²) < 4.78 is 1.13. The van der Waals surface area contributed by atoms with Gasteiger partial charge in [0, 0.05) is 17.5 Å². The van der Waals surface area contributed by atoms with Crippen molar-refractivity contribution in [2.45, 2.75) is 44.3 Å². The zero-order valence-corrected chi connectivity index (χ0v) is 12.6. The molecule has 2 heterocycles. The van der Waals surface area contributed by atoms with Crippen LogP contribution < -0.4 is 5.32 Å². The normalized spacial score (nSPS) is 24.6. The summed E-state index contributed by atoms with van der Waals surface area (Å²) in [6, 6.07) is 4.82. The molecule has 1 saturated carbocycles. The van der Waals surface area contributed by atoms with E-state index >= 15 is 0 Å². The number of hydrogen-bond donors (Lipinski definition) is 1. The van der Waals surface area contributed by atoms with Crippen molar-refractivity contribution in [1.82, 2.24) is 10.2 Å². The molecule has 1 aromatic rings. The first-order valence-electron chi connectivity index (χ1n) is 6.51. The van der Waals surface area contributed by atoms with Crippen LogP contribution in [0.4, 0.5) is 0 Å². The molecule has 1 amide bonds. The molecule has 0 bridgehead atoms. The number of carbonyl (C=O) groups excluding carboxylic acids is 1. The third-order valence-electron chi connectivity index (χ3n) is 3.52. The average Bonchev–Trinajstić information content (AvgIpc) is 3.07. The minimum Gasteiger partial charge on any atom is -0.336 e. The summed E-state index contributed by atoms with van der Waals surface area (Å²) >= 11 is 5.18. The molecule has 1 atom stereocenters. The van der Waals surface area contributed by atoms with E-state index < -0.39 is 0 Å². The standard InChI is InChI=1S/C13H17BrN2OS/c14-12-6-5-10(18-12)8-16-7-1-2-11(13(16)17)15-9-3-4-9/h5-6,9,11,15H,1-4,7-8H2. The van der Waals surface area contributed by atoms with Gasteiger partial charge in [-0.3, -0.25) is 4.79 Å². The van der Waals surface area contributed by atoms with E-state index in [2.05, 4.69) is 27.3 Å². The minimum absolute atomic E-state index is 0.0645. The lowest BCUT2D eigenvalue weighted by molar-refractivity contribution is -0.136. The molecular weight excluding hydrogens is 312 g/mol. The van der Waals surface area contributed by atoms with Gasteiger partial charge in [0.15, 0.2) is 0 Å². The SMILES string of the molecule is O=C1C(NC2CC2)CCCN1Cc1ccc(Br)s1. The summed E-state index contributed by atoms with van der Waals surface area (Å²) in [5, 5.41) is 3.47. The monoisotopic (exact) mass is 328 g/mol. The van der Waals surface area contributed by atoms with Crippen LogP contribution in [0.1, 0.15) is 30.6 Å². The van der Waals surface area contributed by atoms with Crippen molar-refractivity contribution in [3.05, 3.63) is 20.8 Å². The third kappa shape index (κ3) is 2.95. The molecule has 1 N–H and O–H groups in total. The fraction of sp³-hybridized carbons (Fsp3) is 0.615. The zero-order chi connectivity index (χ0) is 12.5. The van der Waals surface area contributed by atoms with E-state index in [1.807, 2.05) is 11.0 Å². The van der Waals surface area contributed by atoms with Crippen molar-refractivity contribution in [1.29, 1.82) is 0 Å². The minimum atomic E-state index is 0.0645. The second-order valence-corrected chi connectivity index (χ2v) is 7.65. The fourth-order valence-corrected chi connectivity index (χ4v) is 3.91. The van der Waals surface area contributed by atoms with Gasteiger partial charge in [0.2, 0.25) is 5.91 Å². The number of amides is 1. The van der Waals surface area contributed by atoms with Gasteiger partial charge in [-0.05, 0) is 53.7 Å². The van der Waals surface area contributed by atoms with E-state index in [0.29, 0.717) is 6.04 Å². The van der Waals surface area contributed by atoms with E-state index in [0.717, 1.165) is 29.7 Å². The summed E-state index contributed by atoms with van der Waals surface area (Å²) in [4.78, 5) is 15.6. The maximum Gasteiger partial charge on any atom is 0.240 e. The van der Waals surface area contributed by atoms with Gasteiger partial charge in [-0.1, -0.05) is 0 Å². The molecule has 1 aliphatic carbocycles. The Morgan fingerprint density at radius 1 is 1.39 bits per heavy atom. The second kappa shape index (κ2) is 5.31. The van der Waals surface area contributed by atoms with Crippen LogP contribution in [0.15, 0.2) is 15.9 Å². The smallest absolute Gasteiger partial charge is 0.240 e. The molecule has 18 heavy (non-hydrogen) atoms. The van der Waals surface area contributed by atoms with E-state index in [1.54, 1.807) is 11.3 Å². The molecule has 3 rings (SSSR count). The number of carbonyl (C=O) groups is 1. The van der Waals surface area contributed by atoms with Gasteiger partial charge in [-0.15, -0.1) is 11.3 Å². The largest absolute Gasteiger partial charge is 0.336 e. The molecule has 2 aliphatic rings. The highest BCUT2D eigenvalue weighted by Gasteiger charge is 2.33. The van der Waals surface area contributed by atoms with Gasteiger partial charge in [0.05, 0.1) is 16.4 Å². The summed E-state index contributed by atoms with van der Waals surface area (Å²) in [5.41, 5.74) is 0. The van der Waals surface area contributed by atoms with Crippen molar-refractivity contribution in [3.8, 4) is 0 Å². The van der Waals surface area contributed by atoms with Crippen LogP contribution in [0.3, 0.4) is 0 Å². The fourth-order valence-electron chi connectivity index (χ4n) is 2.41. The molecule has 2 fully saturated rings. The van der Waals surface area contributed by atoms with Gasteiger partial charge in [0.1, 0.15) is 0 Å². The highest BCUT2D eigenvalue weighted by atomic mass is 79.9. The summed E-state index contributed by atoms with van der Waals surface area (Å²) in [5.74, 6) is 0.290. The maximum absolute atomic E-state index is 12.4. The molecule has 0 spiro atoms. The van der Waals surface area contributed by atoms with E-state index in [1.165, 1.54) is 17.7 Å². The Hall–Kier alpha value is -0.390. The third-order valence-corrected chi connectivity index (χ3v) is 5.13. The first kappa shape index (κ1) is 12.6. The highest BCUT2D eigenvalue weighted by Crippen LogP contribution is 2.26. The van der Waals surface area contributed by atoms with Crippen molar-refractivity contribution < 1.29 is 4.79 Å². The number of rotatable bonds is 4. The van der Waals surface area contributed by atoms with Gasteiger partial charge >= 0.3 is 0 Å². The van der Waals surface area contributed by atoms with E-state index in [-0.39, 0.29) is 11.9 Å². The molecule has 0 radical (unpaired) electrons. The number of piperidine rings is 1. The summed E-state index contributed by atoms with van der Waals surface area (Å²) in [6.07, 6.45) is 4.59. The first-order chi connectivity index (χ1) is 8.72. The van der Waals surface area contributed by atoms with Crippen LogP contribution in [0.5, 0.6) is 0 Å². The molecule has 1 aromatic heterocycles. The molecule has 1 saturated heterocycles. The Kier molecular flexibility index (Phi) is 3.73. The number of nitrogens with zero attached hydrogens (tertiary/aromatic N) is 1. The number of thiophene rings is 1. The quantitative estimate of drug-likeness (QED) is 0.921. The lowest BCUT2D eigenvalue weighted by Gasteiger charge is -2.32.